The minimum absolute atomic E-state index is 0.0740. The molecule has 2 aliphatic heterocycles. The molecule has 0 aliphatic carbocycles. The van der Waals surface area contributed by atoms with Crippen LogP contribution in [0.2, 0.25) is 0 Å². The maximum Gasteiger partial charge on any atom is 0.246 e. The van der Waals surface area contributed by atoms with Crippen LogP contribution >= 0.6 is 0 Å². The summed E-state index contributed by atoms with van der Waals surface area (Å²) in [6.45, 7) is 6.70. The van der Waals surface area contributed by atoms with Gasteiger partial charge in [0.2, 0.25) is 11.8 Å². The van der Waals surface area contributed by atoms with Gasteiger partial charge in [-0.3, -0.25) is 14.5 Å². The number of hydrogen-bond acceptors (Lipinski definition) is 3. The zero-order valence-corrected chi connectivity index (χ0v) is 10.1. The summed E-state index contributed by atoms with van der Waals surface area (Å²) in [5.41, 5.74) is 0. The topological polar surface area (TPSA) is 43.9 Å². The highest BCUT2D eigenvalue weighted by Crippen LogP contribution is 2.18. The lowest BCUT2D eigenvalue weighted by Gasteiger charge is -2.46. The molecule has 0 spiro atoms. The summed E-state index contributed by atoms with van der Waals surface area (Å²) in [4.78, 5) is 29.3. The van der Waals surface area contributed by atoms with Crippen LogP contribution in [0.3, 0.4) is 0 Å². The van der Waals surface area contributed by atoms with Crippen molar-refractivity contribution in [2.45, 2.75) is 25.9 Å². The average Bonchev–Trinajstić information content (AvgIpc) is 2.25. The summed E-state index contributed by atoms with van der Waals surface area (Å²) < 4.78 is 0. The van der Waals surface area contributed by atoms with Crippen molar-refractivity contribution in [1.29, 1.82) is 0 Å². The van der Waals surface area contributed by atoms with Gasteiger partial charge in [0.1, 0.15) is 6.04 Å². The molecular weight excluding hydrogens is 206 g/mol. The van der Waals surface area contributed by atoms with Gasteiger partial charge in [-0.15, -0.1) is 0 Å². The summed E-state index contributed by atoms with van der Waals surface area (Å²) in [7, 11) is 1.70. The first-order valence-corrected chi connectivity index (χ1v) is 5.79. The molecule has 0 saturated carbocycles. The quantitative estimate of drug-likeness (QED) is 0.597. The van der Waals surface area contributed by atoms with Crippen molar-refractivity contribution in [2.24, 2.45) is 0 Å². The van der Waals surface area contributed by atoms with E-state index in [1.807, 2.05) is 0 Å². The summed E-state index contributed by atoms with van der Waals surface area (Å²) in [6.07, 6.45) is 0. The van der Waals surface area contributed by atoms with Gasteiger partial charge < -0.3 is 9.80 Å². The first-order chi connectivity index (χ1) is 7.50. The zero-order chi connectivity index (χ0) is 11.9. The number of nitrogens with zero attached hydrogens (tertiary/aromatic N) is 3. The van der Waals surface area contributed by atoms with E-state index in [4.69, 9.17) is 0 Å². The van der Waals surface area contributed by atoms with E-state index in [9.17, 15) is 9.59 Å². The average molecular weight is 225 g/mol. The molecule has 16 heavy (non-hydrogen) atoms. The van der Waals surface area contributed by atoms with Crippen molar-refractivity contribution in [3.05, 3.63) is 0 Å². The van der Waals surface area contributed by atoms with Crippen LogP contribution in [0.4, 0.5) is 0 Å². The Kier molecular flexibility index (Phi) is 2.88. The first-order valence-electron chi connectivity index (χ1n) is 5.79. The number of piperazine rings is 2. The molecule has 5 heteroatoms. The number of carbonyl (C=O) groups excluding carboxylic acids is 2. The van der Waals surface area contributed by atoms with Crippen molar-refractivity contribution < 1.29 is 9.59 Å². The van der Waals surface area contributed by atoms with Crippen molar-refractivity contribution in [2.75, 3.05) is 33.2 Å². The summed E-state index contributed by atoms with van der Waals surface area (Å²) in [5.74, 6) is 0.153. The Hall–Kier alpha value is -1.10. The van der Waals surface area contributed by atoms with Crippen LogP contribution in [0.25, 0.3) is 0 Å². The van der Waals surface area contributed by atoms with Crippen LogP contribution in [-0.4, -0.2) is 71.8 Å². The Morgan fingerprint density at radius 3 is 2.56 bits per heavy atom. The van der Waals surface area contributed by atoms with Crippen molar-refractivity contribution in [3.63, 3.8) is 0 Å². The van der Waals surface area contributed by atoms with E-state index in [2.05, 4.69) is 18.7 Å². The maximum atomic E-state index is 12.0. The highest BCUT2D eigenvalue weighted by Gasteiger charge is 2.41. The number of carbonyl (C=O) groups is 2. The van der Waals surface area contributed by atoms with Crippen LogP contribution in [0.5, 0.6) is 0 Å². The molecule has 2 fully saturated rings. The lowest BCUT2D eigenvalue weighted by molar-refractivity contribution is -0.158. The first kappa shape index (κ1) is 11.4. The molecule has 1 unspecified atom stereocenters. The fraction of sp³-hybridized carbons (Fsp3) is 0.818. The maximum absolute atomic E-state index is 12.0. The highest BCUT2D eigenvalue weighted by molar-refractivity contribution is 5.95. The second-order valence-electron chi connectivity index (χ2n) is 4.89. The van der Waals surface area contributed by atoms with Gasteiger partial charge in [-0.1, -0.05) is 0 Å². The summed E-state index contributed by atoms with van der Waals surface area (Å²) >= 11 is 0. The molecule has 2 aliphatic rings. The molecule has 0 bridgehead atoms. The highest BCUT2D eigenvalue weighted by atomic mass is 16.2. The number of hydrogen-bond donors (Lipinski definition) is 0. The van der Waals surface area contributed by atoms with E-state index in [0.29, 0.717) is 19.1 Å². The van der Waals surface area contributed by atoms with Gasteiger partial charge in [0.05, 0.1) is 6.54 Å². The largest absolute Gasteiger partial charge is 0.335 e. The van der Waals surface area contributed by atoms with E-state index in [1.54, 1.807) is 11.9 Å². The lowest BCUT2D eigenvalue weighted by Crippen LogP contribution is -2.66. The van der Waals surface area contributed by atoms with Gasteiger partial charge in [0.15, 0.2) is 0 Å². The SMILES string of the molecule is CC(C)N1CCN2C(=O)CN(C)C(=O)C2C1. The zero-order valence-electron chi connectivity index (χ0n) is 10.1. The second-order valence-corrected chi connectivity index (χ2v) is 4.89. The molecular formula is C11H19N3O2. The molecule has 2 rings (SSSR count). The van der Waals surface area contributed by atoms with Crippen LogP contribution in [0.15, 0.2) is 0 Å². The Balaban J connectivity index is 2.14. The standard InChI is InChI=1S/C11H19N3O2/c1-8(2)13-4-5-14-9(6-13)11(16)12(3)7-10(14)15/h8-9H,4-7H2,1-3H3. The minimum atomic E-state index is -0.262. The minimum Gasteiger partial charge on any atom is -0.335 e. The second kappa shape index (κ2) is 4.05. The third-order valence-corrected chi connectivity index (χ3v) is 3.50. The van der Waals surface area contributed by atoms with Gasteiger partial charge in [0, 0.05) is 32.7 Å². The van der Waals surface area contributed by atoms with Gasteiger partial charge in [-0.25, -0.2) is 0 Å². The smallest absolute Gasteiger partial charge is 0.246 e. The number of rotatable bonds is 1. The molecule has 0 aromatic heterocycles. The van der Waals surface area contributed by atoms with E-state index >= 15 is 0 Å². The van der Waals surface area contributed by atoms with Crippen LogP contribution < -0.4 is 0 Å². The summed E-state index contributed by atoms with van der Waals surface area (Å²) in [6, 6.07) is 0.166. The van der Waals surface area contributed by atoms with Gasteiger partial charge >= 0.3 is 0 Å². The molecule has 2 amide bonds. The van der Waals surface area contributed by atoms with E-state index in [0.717, 1.165) is 6.54 Å². The monoisotopic (exact) mass is 225 g/mol. The van der Waals surface area contributed by atoms with E-state index in [-0.39, 0.29) is 24.4 Å². The van der Waals surface area contributed by atoms with Gasteiger partial charge in [-0.05, 0) is 13.8 Å². The van der Waals surface area contributed by atoms with Crippen molar-refractivity contribution in [3.8, 4) is 0 Å². The van der Waals surface area contributed by atoms with E-state index < -0.39 is 0 Å². The normalized spacial score (nSPS) is 27.6. The Bertz CT molecular complexity index is 316. The Labute approximate surface area is 96.0 Å². The number of amides is 2. The molecule has 5 nitrogen and oxygen atoms in total. The van der Waals surface area contributed by atoms with Crippen LogP contribution in [-0.2, 0) is 9.59 Å². The van der Waals surface area contributed by atoms with Crippen molar-refractivity contribution in [1.82, 2.24) is 14.7 Å². The Morgan fingerprint density at radius 2 is 1.94 bits per heavy atom. The lowest BCUT2D eigenvalue weighted by atomic mass is 10.1. The third kappa shape index (κ3) is 1.80. The molecule has 1 atom stereocenters. The molecule has 2 heterocycles. The molecule has 2 saturated heterocycles. The third-order valence-electron chi connectivity index (χ3n) is 3.50. The molecule has 0 aromatic rings. The fourth-order valence-electron chi connectivity index (χ4n) is 2.41. The van der Waals surface area contributed by atoms with Gasteiger partial charge in [0.25, 0.3) is 0 Å². The number of likely N-dealkylation sites (N-methyl/N-ethyl adjacent to an activating group) is 1. The van der Waals surface area contributed by atoms with Crippen LogP contribution in [0.1, 0.15) is 13.8 Å². The summed E-state index contributed by atoms with van der Waals surface area (Å²) in [5, 5.41) is 0. The molecule has 90 valence electrons. The van der Waals surface area contributed by atoms with E-state index in [1.165, 1.54) is 4.90 Å². The molecule has 0 N–H and O–H groups in total. The fourth-order valence-corrected chi connectivity index (χ4v) is 2.41. The van der Waals surface area contributed by atoms with Gasteiger partial charge in [-0.2, -0.15) is 0 Å². The number of fused-ring (bicyclic) bond motifs is 1. The molecule has 0 aromatic carbocycles. The molecule has 0 radical (unpaired) electrons. The van der Waals surface area contributed by atoms with Crippen molar-refractivity contribution >= 4 is 11.8 Å². The Morgan fingerprint density at radius 1 is 1.25 bits per heavy atom. The predicted molar refractivity (Wildman–Crippen MR) is 59.8 cm³/mol. The predicted octanol–water partition coefficient (Wildman–Crippen LogP) is -0.620. The van der Waals surface area contributed by atoms with Crippen LogP contribution in [0, 0.1) is 0 Å².